The van der Waals surface area contributed by atoms with E-state index in [-0.39, 0.29) is 11.2 Å². The van der Waals surface area contributed by atoms with Gasteiger partial charge >= 0.3 is 5.69 Å². The van der Waals surface area contributed by atoms with Crippen LogP contribution in [0.25, 0.3) is 0 Å². The van der Waals surface area contributed by atoms with Crippen molar-refractivity contribution in [2.24, 2.45) is 0 Å². The minimum atomic E-state index is -0.389. The van der Waals surface area contributed by atoms with Crippen LogP contribution in [0.1, 0.15) is 13.3 Å². The summed E-state index contributed by atoms with van der Waals surface area (Å²) in [5.41, 5.74) is -0.699. The third-order valence-electron chi connectivity index (χ3n) is 1.89. The summed E-state index contributed by atoms with van der Waals surface area (Å²) in [7, 11) is 0. The number of aromatic nitrogens is 2. The maximum Gasteiger partial charge on any atom is 0.328 e. The van der Waals surface area contributed by atoms with Crippen molar-refractivity contribution in [1.82, 2.24) is 9.55 Å². The summed E-state index contributed by atoms with van der Waals surface area (Å²) < 4.78 is 6.64. The molecule has 1 N–H and O–H groups in total. The molecule has 0 aliphatic heterocycles. The molecule has 0 amide bonds. The molecule has 0 atom stereocenters. The molecule has 5 nitrogen and oxygen atoms in total. The van der Waals surface area contributed by atoms with Crippen LogP contribution in [0.15, 0.2) is 20.3 Å². The van der Waals surface area contributed by atoms with Crippen LogP contribution in [0.4, 0.5) is 0 Å². The molecule has 15 heavy (non-hydrogen) atoms. The molecule has 0 aliphatic rings. The summed E-state index contributed by atoms with van der Waals surface area (Å²) in [6.07, 6.45) is 2.00. The molecule has 0 radical (unpaired) electrons. The van der Waals surface area contributed by atoms with Gasteiger partial charge in [0.1, 0.15) is 0 Å². The van der Waals surface area contributed by atoms with Gasteiger partial charge in [0.05, 0.1) is 4.47 Å². The highest BCUT2D eigenvalue weighted by Crippen LogP contribution is 1.96. The summed E-state index contributed by atoms with van der Waals surface area (Å²) in [4.78, 5) is 25.3. The average Bonchev–Trinajstić information content (AvgIpc) is 2.23. The number of hydrogen-bond acceptors (Lipinski definition) is 3. The monoisotopic (exact) mass is 276 g/mol. The lowest BCUT2D eigenvalue weighted by Gasteiger charge is -2.04. The van der Waals surface area contributed by atoms with E-state index in [4.69, 9.17) is 4.74 Å². The second-order valence-corrected chi connectivity index (χ2v) is 3.80. The van der Waals surface area contributed by atoms with Crippen LogP contribution < -0.4 is 11.2 Å². The lowest BCUT2D eigenvalue weighted by atomic mass is 10.4. The fraction of sp³-hybridized carbons (Fsp3) is 0.556. The first-order chi connectivity index (χ1) is 7.16. The minimum Gasteiger partial charge on any atom is -0.382 e. The molecule has 0 aromatic carbocycles. The number of aromatic amines is 1. The van der Waals surface area contributed by atoms with Crippen molar-refractivity contribution in [3.05, 3.63) is 31.5 Å². The van der Waals surface area contributed by atoms with Crippen molar-refractivity contribution in [2.45, 2.75) is 19.9 Å². The number of hydrogen-bond donors (Lipinski definition) is 1. The first kappa shape index (κ1) is 12.2. The zero-order valence-electron chi connectivity index (χ0n) is 8.46. The van der Waals surface area contributed by atoms with Crippen molar-refractivity contribution in [3.63, 3.8) is 0 Å². The average molecular weight is 277 g/mol. The Kier molecular flexibility index (Phi) is 4.77. The van der Waals surface area contributed by atoms with Gasteiger partial charge in [0.2, 0.25) is 0 Å². The number of nitrogens with one attached hydrogen (secondary N) is 1. The molecule has 0 fully saturated rings. The quantitative estimate of drug-likeness (QED) is 0.807. The Morgan fingerprint density at radius 2 is 2.27 bits per heavy atom. The number of ether oxygens (including phenoxy) is 1. The smallest absolute Gasteiger partial charge is 0.328 e. The Balaban J connectivity index is 2.72. The predicted octanol–water partition coefficient (Wildman–Crippen LogP) is 0.726. The van der Waals surface area contributed by atoms with E-state index in [9.17, 15) is 9.59 Å². The van der Waals surface area contributed by atoms with E-state index in [0.29, 0.717) is 30.7 Å². The van der Waals surface area contributed by atoms with Crippen LogP contribution in [-0.2, 0) is 11.3 Å². The molecule has 1 aromatic rings. The van der Waals surface area contributed by atoms with Gasteiger partial charge in [-0.2, -0.15) is 0 Å². The Labute approximate surface area is 95.2 Å². The number of nitrogens with zero attached hydrogens (tertiary/aromatic N) is 1. The molecule has 84 valence electrons. The lowest BCUT2D eigenvalue weighted by Crippen LogP contribution is -2.35. The molecule has 0 unspecified atom stereocenters. The van der Waals surface area contributed by atoms with Crippen LogP contribution in [-0.4, -0.2) is 22.8 Å². The number of halogens is 1. The van der Waals surface area contributed by atoms with Crippen molar-refractivity contribution in [3.8, 4) is 0 Å². The van der Waals surface area contributed by atoms with E-state index in [1.165, 1.54) is 6.20 Å². The Morgan fingerprint density at radius 3 is 2.93 bits per heavy atom. The van der Waals surface area contributed by atoms with Gasteiger partial charge in [-0.1, -0.05) is 0 Å². The van der Waals surface area contributed by atoms with Gasteiger partial charge in [-0.25, -0.2) is 4.79 Å². The molecule has 6 heteroatoms. The van der Waals surface area contributed by atoms with E-state index in [0.717, 1.165) is 4.57 Å². The fourth-order valence-electron chi connectivity index (χ4n) is 1.16. The maximum atomic E-state index is 11.5. The van der Waals surface area contributed by atoms with E-state index in [2.05, 4.69) is 20.9 Å². The van der Waals surface area contributed by atoms with Gasteiger partial charge in [-0.05, 0) is 29.3 Å². The first-order valence-corrected chi connectivity index (χ1v) is 5.52. The SMILES string of the molecule is CCOCCCn1c(=O)[nH]cc(Br)c1=O. The molecule has 0 saturated carbocycles. The molecule has 0 saturated heterocycles. The largest absolute Gasteiger partial charge is 0.382 e. The second kappa shape index (κ2) is 5.87. The van der Waals surface area contributed by atoms with Gasteiger partial charge in [0, 0.05) is 26.0 Å². The van der Waals surface area contributed by atoms with Gasteiger partial charge < -0.3 is 9.72 Å². The summed E-state index contributed by atoms with van der Waals surface area (Å²) in [6.45, 7) is 3.46. The fourth-order valence-corrected chi connectivity index (χ4v) is 1.49. The predicted molar refractivity (Wildman–Crippen MR) is 60.1 cm³/mol. The summed E-state index contributed by atoms with van der Waals surface area (Å²) in [5.74, 6) is 0. The topological polar surface area (TPSA) is 64.1 Å². The molecular formula is C9H13BrN2O3. The van der Waals surface area contributed by atoms with Crippen molar-refractivity contribution in [1.29, 1.82) is 0 Å². The van der Waals surface area contributed by atoms with Crippen LogP contribution in [0.2, 0.25) is 0 Å². The highest BCUT2D eigenvalue weighted by atomic mass is 79.9. The summed E-state index contributed by atoms with van der Waals surface area (Å²) >= 11 is 3.07. The van der Waals surface area contributed by atoms with E-state index >= 15 is 0 Å². The van der Waals surface area contributed by atoms with Gasteiger partial charge in [-0.3, -0.25) is 9.36 Å². The Hall–Kier alpha value is -0.880. The highest BCUT2D eigenvalue weighted by molar-refractivity contribution is 9.10. The van der Waals surface area contributed by atoms with Gasteiger partial charge in [-0.15, -0.1) is 0 Å². The van der Waals surface area contributed by atoms with E-state index in [1.807, 2.05) is 6.92 Å². The van der Waals surface area contributed by atoms with E-state index in [1.54, 1.807) is 0 Å². The second-order valence-electron chi connectivity index (χ2n) is 2.95. The molecule has 0 aliphatic carbocycles. The summed E-state index contributed by atoms with van der Waals surface area (Å²) in [6, 6.07) is 0. The molecule has 1 rings (SSSR count). The zero-order chi connectivity index (χ0) is 11.3. The van der Waals surface area contributed by atoms with Crippen LogP contribution in [0, 0.1) is 0 Å². The lowest BCUT2D eigenvalue weighted by molar-refractivity contribution is 0.141. The van der Waals surface area contributed by atoms with Crippen molar-refractivity contribution < 1.29 is 4.74 Å². The number of rotatable bonds is 5. The third kappa shape index (κ3) is 3.32. The maximum absolute atomic E-state index is 11.5. The molecular weight excluding hydrogens is 264 g/mol. The molecule has 1 heterocycles. The van der Waals surface area contributed by atoms with Crippen LogP contribution in [0.3, 0.4) is 0 Å². The third-order valence-corrected chi connectivity index (χ3v) is 2.46. The molecule has 0 spiro atoms. The molecule has 0 bridgehead atoms. The number of H-pyrrole nitrogens is 1. The zero-order valence-corrected chi connectivity index (χ0v) is 10.0. The normalized spacial score (nSPS) is 10.5. The summed E-state index contributed by atoms with van der Waals surface area (Å²) in [5, 5.41) is 0. The Morgan fingerprint density at radius 1 is 1.53 bits per heavy atom. The van der Waals surface area contributed by atoms with Crippen LogP contribution in [0.5, 0.6) is 0 Å². The standard InChI is InChI=1S/C9H13BrN2O3/c1-2-15-5-3-4-12-8(13)7(10)6-11-9(12)14/h6H,2-5H2,1H3,(H,11,14). The van der Waals surface area contributed by atoms with E-state index < -0.39 is 0 Å². The van der Waals surface area contributed by atoms with Gasteiger partial charge in [0.25, 0.3) is 5.56 Å². The molecule has 1 aromatic heterocycles. The first-order valence-electron chi connectivity index (χ1n) is 4.72. The highest BCUT2D eigenvalue weighted by Gasteiger charge is 2.03. The van der Waals surface area contributed by atoms with Crippen LogP contribution >= 0.6 is 15.9 Å². The van der Waals surface area contributed by atoms with Crippen molar-refractivity contribution >= 4 is 15.9 Å². The van der Waals surface area contributed by atoms with Crippen molar-refractivity contribution in [2.75, 3.05) is 13.2 Å². The van der Waals surface area contributed by atoms with Gasteiger partial charge in [0.15, 0.2) is 0 Å². The minimum absolute atomic E-state index is 0.310. The Bertz CT molecular complexity index is 424.